The molecule has 2 atom stereocenters. The van der Waals surface area contributed by atoms with Gasteiger partial charge in [-0.25, -0.2) is 9.07 Å². The monoisotopic (exact) mass is 518 g/mol. The summed E-state index contributed by atoms with van der Waals surface area (Å²) in [6, 6.07) is 10.2. The number of aromatic nitrogens is 4. The van der Waals surface area contributed by atoms with Crippen molar-refractivity contribution in [3.05, 3.63) is 76.5 Å². The smallest absolute Gasteiger partial charge is 0.123 e. The van der Waals surface area contributed by atoms with E-state index in [1.807, 2.05) is 6.07 Å². The first-order valence-electron chi connectivity index (χ1n) is 12.7. The van der Waals surface area contributed by atoms with E-state index in [0.717, 1.165) is 12.8 Å². The highest BCUT2D eigenvalue weighted by Crippen LogP contribution is 2.38. The van der Waals surface area contributed by atoms with Crippen LogP contribution in [0.3, 0.4) is 0 Å². The van der Waals surface area contributed by atoms with Crippen LogP contribution >= 0.6 is 11.6 Å². The molecule has 0 amide bonds. The van der Waals surface area contributed by atoms with Gasteiger partial charge in [0.15, 0.2) is 0 Å². The molecule has 0 aliphatic heterocycles. The second kappa shape index (κ2) is 9.64. The molecular weight excluding hydrogens is 489 g/mol. The summed E-state index contributed by atoms with van der Waals surface area (Å²) in [5, 5.41) is 26.2. The van der Waals surface area contributed by atoms with Gasteiger partial charge in [0, 0.05) is 23.3 Å². The van der Waals surface area contributed by atoms with Crippen LogP contribution in [0.2, 0.25) is 5.02 Å². The molecule has 37 heavy (non-hydrogen) atoms. The lowest BCUT2D eigenvalue weighted by Crippen LogP contribution is -2.31. The van der Waals surface area contributed by atoms with Crippen molar-refractivity contribution in [1.82, 2.24) is 20.0 Å². The third kappa shape index (κ3) is 5.23. The fourth-order valence-corrected chi connectivity index (χ4v) is 4.23. The van der Waals surface area contributed by atoms with Crippen molar-refractivity contribution in [2.75, 3.05) is 10.6 Å². The van der Waals surface area contributed by atoms with Crippen molar-refractivity contribution < 1.29 is 5.76 Å². The maximum Gasteiger partial charge on any atom is 0.123 e. The van der Waals surface area contributed by atoms with Crippen LogP contribution in [0.5, 0.6) is 0 Å². The molecule has 5 rings (SSSR count). The van der Waals surface area contributed by atoms with Crippen LogP contribution in [-0.2, 0) is 0 Å². The number of anilines is 2. The number of nitrogens with zero attached hydrogens (tertiary/aromatic N) is 5. The van der Waals surface area contributed by atoms with Crippen LogP contribution in [0.4, 0.5) is 15.8 Å². The molecule has 0 saturated heterocycles. The van der Waals surface area contributed by atoms with Crippen molar-refractivity contribution in [1.29, 1.82) is 5.26 Å². The van der Waals surface area contributed by atoms with Gasteiger partial charge < -0.3 is 10.6 Å². The molecule has 2 N–H and O–H groups in total. The zero-order valence-electron chi connectivity index (χ0n) is 22.2. The zero-order chi connectivity index (χ0) is 27.2. The largest absolute Gasteiger partial charge is 0.380 e. The molecule has 1 saturated carbocycles. The average Bonchev–Trinajstić information content (AvgIpc) is 3.59. The van der Waals surface area contributed by atoms with Crippen molar-refractivity contribution in [2.45, 2.75) is 58.6 Å². The number of halogens is 2. The van der Waals surface area contributed by atoms with E-state index in [0.29, 0.717) is 44.1 Å². The van der Waals surface area contributed by atoms with Gasteiger partial charge in [0.2, 0.25) is 0 Å². The number of nitrogens with one attached hydrogen (secondary N) is 2. The number of benzene rings is 2. The SMILES string of the molecule is [2H][C@](Nc1cc(Cl)c2ncc(C#N)c(N[C@H](C)C(C)(C)C)c2c1)(c1ccc(F)cc1)c1cn(C2CC2)nn1. The van der Waals surface area contributed by atoms with Crippen molar-refractivity contribution >= 4 is 33.9 Å². The minimum atomic E-state index is -1.59. The van der Waals surface area contributed by atoms with Crippen LogP contribution in [0, 0.1) is 22.6 Å². The highest BCUT2D eigenvalue weighted by molar-refractivity contribution is 6.35. The van der Waals surface area contributed by atoms with Gasteiger partial charge in [-0.05, 0) is 55.0 Å². The third-order valence-corrected chi connectivity index (χ3v) is 7.08. The van der Waals surface area contributed by atoms with E-state index in [2.05, 4.69) is 59.7 Å². The van der Waals surface area contributed by atoms with Gasteiger partial charge in [0.25, 0.3) is 0 Å². The Morgan fingerprint density at radius 3 is 2.59 bits per heavy atom. The Labute approximate surface area is 222 Å². The highest BCUT2D eigenvalue weighted by Gasteiger charge is 2.27. The first kappa shape index (κ1) is 23.7. The minimum Gasteiger partial charge on any atom is -0.380 e. The normalized spacial score (nSPS) is 16.5. The van der Waals surface area contributed by atoms with E-state index >= 15 is 0 Å². The molecule has 190 valence electrons. The zero-order valence-corrected chi connectivity index (χ0v) is 21.9. The fourth-order valence-electron chi connectivity index (χ4n) is 3.96. The van der Waals surface area contributed by atoms with E-state index in [4.69, 9.17) is 11.6 Å². The Morgan fingerprint density at radius 1 is 1.22 bits per heavy atom. The lowest BCUT2D eigenvalue weighted by Gasteiger charge is -2.30. The van der Waals surface area contributed by atoms with Crippen molar-refractivity contribution in [3.8, 4) is 6.07 Å². The molecule has 0 spiro atoms. The predicted octanol–water partition coefficient (Wildman–Crippen LogP) is 6.87. The summed E-state index contributed by atoms with van der Waals surface area (Å²) in [6.45, 7) is 8.41. The van der Waals surface area contributed by atoms with Crippen LogP contribution in [0.1, 0.15) is 70.8 Å². The van der Waals surface area contributed by atoms with Gasteiger partial charge >= 0.3 is 0 Å². The first-order chi connectivity index (χ1) is 18.0. The Morgan fingerprint density at radius 2 is 1.95 bits per heavy atom. The van der Waals surface area contributed by atoms with E-state index in [-0.39, 0.29) is 17.5 Å². The Balaban J connectivity index is 1.63. The first-order valence-corrected chi connectivity index (χ1v) is 12.6. The lowest BCUT2D eigenvalue weighted by molar-refractivity contribution is 0.359. The molecule has 0 unspecified atom stereocenters. The number of rotatable bonds is 7. The molecule has 9 heteroatoms. The number of nitriles is 1. The van der Waals surface area contributed by atoms with E-state index in [1.165, 1.54) is 18.3 Å². The summed E-state index contributed by atoms with van der Waals surface area (Å²) in [7, 11) is 0. The van der Waals surface area contributed by atoms with Crippen LogP contribution in [0.15, 0.2) is 48.8 Å². The Kier molecular flexibility index (Phi) is 6.17. The average molecular weight is 519 g/mol. The van der Waals surface area contributed by atoms with E-state index in [1.54, 1.807) is 29.1 Å². The van der Waals surface area contributed by atoms with Crippen LogP contribution in [0.25, 0.3) is 10.9 Å². The number of fused-ring (bicyclic) bond motifs is 1. The molecule has 4 aromatic rings. The van der Waals surface area contributed by atoms with Crippen LogP contribution in [-0.4, -0.2) is 26.0 Å². The summed E-state index contributed by atoms with van der Waals surface area (Å²) in [6.07, 6.45) is 5.32. The van der Waals surface area contributed by atoms with Gasteiger partial charge in [-0.2, -0.15) is 5.26 Å². The maximum atomic E-state index is 13.8. The molecule has 1 fully saturated rings. The quantitative estimate of drug-likeness (QED) is 0.277. The topological polar surface area (TPSA) is 91.5 Å². The molecule has 7 nitrogen and oxygen atoms in total. The summed E-state index contributed by atoms with van der Waals surface area (Å²) >= 11 is 6.70. The van der Waals surface area contributed by atoms with Crippen LogP contribution < -0.4 is 10.6 Å². The molecule has 1 aliphatic carbocycles. The molecule has 0 radical (unpaired) electrons. The predicted molar refractivity (Wildman–Crippen MR) is 144 cm³/mol. The minimum absolute atomic E-state index is 0.0301. The fraction of sp³-hybridized carbons (Fsp3) is 0.357. The summed E-state index contributed by atoms with van der Waals surface area (Å²) in [5.74, 6) is -0.398. The van der Waals surface area contributed by atoms with E-state index < -0.39 is 11.8 Å². The Bertz CT molecular complexity index is 1540. The number of pyridine rings is 1. The van der Waals surface area contributed by atoms with Crippen molar-refractivity contribution in [3.63, 3.8) is 0 Å². The molecule has 2 aromatic heterocycles. The highest BCUT2D eigenvalue weighted by atomic mass is 35.5. The Hall–Kier alpha value is -3.70. The molecule has 2 heterocycles. The number of hydrogen-bond acceptors (Lipinski definition) is 6. The van der Waals surface area contributed by atoms with Gasteiger partial charge in [0.05, 0.1) is 41.4 Å². The standard InChI is InChI=1S/C28H29ClFN7/c1-16(28(2,3)4)33-25-18(13-31)14-32-27-22(25)11-20(12-23(27)29)34-26(17-5-7-19(30)8-6-17)24-15-37(36-35-24)21-9-10-21/h5-8,11-12,14-16,21,26,34H,9-10H2,1-4H3,(H,32,33)/t16-,26+/m1/s1/i26D. The van der Waals surface area contributed by atoms with Gasteiger partial charge in [-0.15, -0.1) is 5.10 Å². The summed E-state index contributed by atoms with van der Waals surface area (Å²) < 4.78 is 25.1. The molecular formula is C28H29ClFN7. The number of hydrogen-bond donors (Lipinski definition) is 2. The second-order valence-corrected chi connectivity index (χ2v) is 11.0. The summed E-state index contributed by atoms with van der Waals surface area (Å²) in [4.78, 5) is 4.44. The molecule has 0 bridgehead atoms. The third-order valence-electron chi connectivity index (χ3n) is 6.79. The summed E-state index contributed by atoms with van der Waals surface area (Å²) in [5.41, 5.74) is 2.86. The lowest BCUT2D eigenvalue weighted by atomic mass is 9.87. The van der Waals surface area contributed by atoms with Crippen molar-refractivity contribution in [2.24, 2.45) is 5.41 Å². The second-order valence-electron chi connectivity index (χ2n) is 10.6. The van der Waals surface area contributed by atoms with Gasteiger partial charge in [0.1, 0.15) is 17.6 Å². The van der Waals surface area contributed by atoms with Gasteiger partial charge in [-0.3, -0.25) is 4.98 Å². The van der Waals surface area contributed by atoms with E-state index in [9.17, 15) is 11.0 Å². The molecule has 1 aliphatic rings. The molecule has 2 aromatic carbocycles. The van der Waals surface area contributed by atoms with Gasteiger partial charge in [-0.1, -0.05) is 49.7 Å². The maximum absolute atomic E-state index is 13.8.